The lowest BCUT2D eigenvalue weighted by atomic mass is 10.1. The van der Waals surface area contributed by atoms with Crippen LogP contribution in [0.5, 0.6) is 0 Å². The van der Waals surface area contributed by atoms with Gasteiger partial charge in [-0.2, -0.15) is 5.10 Å². The number of sulfonamides is 1. The summed E-state index contributed by atoms with van der Waals surface area (Å²) in [6.07, 6.45) is 1.43. The molecule has 102 valence electrons. The first kappa shape index (κ1) is 12.7. The van der Waals surface area contributed by atoms with Gasteiger partial charge in [0.2, 0.25) is 10.0 Å². The Bertz CT molecular complexity index is 763. The third kappa shape index (κ3) is 2.08. The molecule has 1 aromatic heterocycles. The fourth-order valence-corrected chi connectivity index (χ4v) is 3.81. The summed E-state index contributed by atoms with van der Waals surface area (Å²) >= 11 is 6.18. The van der Waals surface area contributed by atoms with Gasteiger partial charge in [-0.05, 0) is 31.4 Å². The number of rotatable bonds is 3. The normalized spacial score (nSPS) is 15.9. The molecular formula is C12H14ClN3O2S. The molecule has 0 saturated heterocycles. The topological polar surface area (TPSA) is 64.0 Å². The largest absolute Gasteiger partial charge is 0.265 e. The number of benzene rings is 1. The van der Waals surface area contributed by atoms with E-state index in [1.54, 1.807) is 17.8 Å². The minimum absolute atomic E-state index is 0.284. The van der Waals surface area contributed by atoms with Crippen LogP contribution in [0.2, 0.25) is 5.02 Å². The Kier molecular flexibility index (Phi) is 2.76. The maximum absolute atomic E-state index is 12.0. The van der Waals surface area contributed by atoms with Gasteiger partial charge in [0.05, 0.1) is 21.2 Å². The highest BCUT2D eigenvalue weighted by Crippen LogP contribution is 2.35. The van der Waals surface area contributed by atoms with Crippen molar-refractivity contribution in [3.8, 4) is 0 Å². The van der Waals surface area contributed by atoms with Crippen LogP contribution in [-0.2, 0) is 17.1 Å². The van der Waals surface area contributed by atoms with Crippen LogP contribution in [0.3, 0.4) is 0 Å². The number of hydrogen-bond donors (Lipinski definition) is 1. The highest BCUT2D eigenvalue weighted by molar-refractivity contribution is 7.93. The first-order valence-corrected chi connectivity index (χ1v) is 7.96. The zero-order valence-corrected chi connectivity index (χ0v) is 12.2. The average Bonchev–Trinajstić information content (AvgIpc) is 3.11. The SMILES string of the molecule is Cc1ccc(Cl)c2c(NS(=O)(=O)C3CC3)nn(C)c12. The smallest absolute Gasteiger partial charge is 0.236 e. The lowest BCUT2D eigenvalue weighted by Crippen LogP contribution is -2.17. The van der Waals surface area contributed by atoms with E-state index in [4.69, 9.17) is 11.6 Å². The van der Waals surface area contributed by atoms with Gasteiger partial charge in [-0.3, -0.25) is 9.40 Å². The third-order valence-corrected chi connectivity index (χ3v) is 5.48. The molecule has 1 aliphatic rings. The molecule has 5 nitrogen and oxygen atoms in total. The summed E-state index contributed by atoms with van der Waals surface area (Å²) in [5.41, 5.74) is 1.85. The number of aromatic nitrogens is 2. The average molecular weight is 300 g/mol. The maximum atomic E-state index is 12.0. The fraction of sp³-hybridized carbons (Fsp3) is 0.417. The van der Waals surface area contributed by atoms with Crippen LogP contribution in [0, 0.1) is 6.92 Å². The van der Waals surface area contributed by atoms with E-state index in [0.717, 1.165) is 11.1 Å². The van der Waals surface area contributed by atoms with Gasteiger partial charge >= 0.3 is 0 Å². The van der Waals surface area contributed by atoms with Crippen molar-refractivity contribution in [2.75, 3.05) is 4.72 Å². The van der Waals surface area contributed by atoms with Gasteiger partial charge < -0.3 is 0 Å². The van der Waals surface area contributed by atoms with E-state index in [0.29, 0.717) is 29.1 Å². The molecule has 0 unspecified atom stereocenters. The van der Waals surface area contributed by atoms with E-state index in [1.807, 2.05) is 13.0 Å². The molecule has 7 heteroatoms. The number of hydrogen-bond acceptors (Lipinski definition) is 3. The third-order valence-electron chi connectivity index (χ3n) is 3.34. The van der Waals surface area contributed by atoms with Gasteiger partial charge in [0.15, 0.2) is 5.82 Å². The summed E-state index contributed by atoms with van der Waals surface area (Å²) in [6, 6.07) is 3.65. The summed E-state index contributed by atoms with van der Waals surface area (Å²) in [6.45, 7) is 1.94. The maximum Gasteiger partial charge on any atom is 0.236 e. The van der Waals surface area contributed by atoms with E-state index in [2.05, 4.69) is 9.82 Å². The van der Waals surface area contributed by atoms with Gasteiger partial charge in [-0.25, -0.2) is 8.42 Å². The standard InChI is InChI=1S/C12H14ClN3O2S/c1-7-3-6-9(13)10-11(7)16(2)14-12(10)15-19(17,18)8-4-5-8/h3,6,8H,4-5H2,1-2H3,(H,14,15). The molecule has 2 aromatic rings. The summed E-state index contributed by atoms with van der Waals surface area (Å²) in [5.74, 6) is 0.318. The van der Waals surface area contributed by atoms with Crippen LogP contribution in [0.4, 0.5) is 5.82 Å². The number of nitrogens with one attached hydrogen (secondary N) is 1. The van der Waals surface area contributed by atoms with Crippen molar-refractivity contribution in [2.45, 2.75) is 25.0 Å². The Balaban J connectivity index is 2.17. The van der Waals surface area contributed by atoms with Crippen LogP contribution in [0.15, 0.2) is 12.1 Å². The second kappa shape index (κ2) is 4.11. The molecule has 1 fully saturated rings. The summed E-state index contributed by atoms with van der Waals surface area (Å²) < 4.78 is 28.2. The van der Waals surface area contributed by atoms with Crippen molar-refractivity contribution in [1.82, 2.24) is 9.78 Å². The minimum atomic E-state index is -3.33. The van der Waals surface area contributed by atoms with Crippen molar-refractivity contribution in [3.63, 3.8) is 0 Å². The highest BCUT2D eigenvalue weighted by atomic mass is 35.5. The Morgan fingerprint density at radius 3 is 2.74 bits per heavy atom. The van der Waals surface area contributed by atoms with Gasteiger partial charge in [-0.15, -0.1) is 0 Å². The van der Waals surface area contributed by atoms with Crippen molar-refractivity contribution >= 4 is 38.3 Å². The van der Waals surface area contributed by atoms with E-state index in [9.17, 15) is 8.42 Å². The molecule has 0 atom stereocenters. The van der Waals surface area contributed by atoms with Gasteiger partial charge in [0.1, 0.15) is 0 Å². The first-order valence-electron chi connectivity index (χ1n) is 6.03. The molecule has 1 saturated carbocycles. The Labute approximate surface area is 116 Å². The van der Waals surface area contributed by atoms with E-state index < -0.39 is 10.0 Å². The van der Waals surface area contributed by atoms with Gasteiger partial charge in [0, 0.05) is 7.05 Å². The van der Waals surface area contributed by atoms with E-state index in [1.165, 1.54) is 0 Å². The van der Waals surface area contributed by atoms with Crippen molar-refractivity contribution in [2.24, 2.45) is 7.05 Å². The van der Waals surface area contributed by atoms with Crippen molar-refractivity contribution < 1.29 is 8.42 Å². The minimum Gasteiger partial charge on any atom is -0.265 e. The molecule has 1 aliphatic carbocycles. The summed E-state index contributed by atoms with van der Waals surface area (Å²) in [7, 11) is -1.55. The lowest BCUT2D eigenvalue weighted by Gasteiger charge is -2.05. The summed E-state index contributed by atoms with van der Waals surface area (Å²) in [5, 5.41) is 5.13. The highest BCUT2D eigenvalue weighted by Gasteiger charge is 2.36. The Morgan fingerprint density at radius 2 is 2.11 bits per heavy atom. The Hall–Kier alpha value is -1.27. The quantitative estimate of drug-likeness (QED) is 0.947. The van der Waals surface area contributed by atoms with Crippen molar-refractivity contribution in [1.29, 1.82) is 0 Å². The molecule has 1 aromatic carbocycles. The van der Waals surface area contributed by atoms with E-state index >= 15 is 0 Å². The number of fused-ring (bicyclic) bond motifs is 1. The number of aryl methyl sites for hydroxylation is 2. The molecular weight excluding hydrogens is 286 g/mol. The fourth-order valence-electron chi connectivity index (χ4n) is 2.23. The lowest BCUT2D eigenvalue weighted by molar-refractivity contribution is 0.599. The molecule has 0 bridgehead atoms. The van der Waals surface area contributed by atoms with Crippen molar-refractivity contribution in [3.05, 3.63) is 22.7 Å². The van der Waals surface area contributed by atoms with Crippen LogP contribution in [0.1, 0.15) is 18.4 Å². The number of halogens is 1. The molecule has 0 radical (unpaired) electrons. The zero-order valence-electron chi connectivity index (χ0n) is 10.6. The summed E-state index contributed by atoms with van der Waals surface area (Å²) in [4.78, 5) is 0. The second-order valence-corrected chi connectivity index (χ2v) is 7.27. The molecule has 3 rings (SSSR count). The van der Waals surface area contributed by atoms with Crippen LogP contribution < -0.4 is 4.72 Å². The molecule has 0 aliphatic heterocycles. The predicted octanol–water partition coefficient (Wildman–Crippen LogP) is 2.44. The van der Waals surface area contributed by atoms with Crippen LogP contribution >= 0.6 is 11.6 Å². The number of nitrogens with zero attached hydrogens (tertiary/aromatic N) is 2. The van der Waals surface area contributed by atoms with E-state index in [-0.39, 0.29) is 5.25 Å². The zero-order chi connectivity index (χ0) is 13.8. The van der Waals surface area contributed by atoms with Crippen LogP contribution in [0.25, 0.3) is 10.9 Å². The molecule has 0 spiro atoms. The molecule has 19 heavy (non-hydrogen) atoms. The van der Waals surface area contributed by atoms with Crippen LogP contribution in [-0.4, -0.2) is 23.4 Å². The van der Waals surface area contributed by atoms with Gasteiger partial charge in [0.25, 0.3) is 0 Å². The Morgan fingerprint density at radius 1 is 1.42 bits per heavy atom. The predicted molar refractivity (Wildman–Crippen MR) is 76.0 cm³/mol. The number of anilines is 1. The first-order chi connectivity index (χ1) is 8.90. The molecule has 0 amide bonds. The molecule has 1 heterocycles. The monoisotopic (exact) mass is 299 g/mol. The molecule has 1 N–H and O–H groups in total. The second-order valence-electron chi connectivity index (χ2n) is 4.91. The van der Waals surface area contributed by atoms with Gasteiger partial charge in [-0.1, -0.05) is 17.7 Å².